The molecule has 164 valence electrons. The van der Waals surface area contributed by atoms with Gasteiger partial charge >= 0.3 is 11.9 Å². The number of hydrogen-bond donors (Lipinski definition) is 1. The summed E-state index contributed by atoms with van der Waals surface area (Å²) in [5.74, 6) is -1.27. The molecule has 31 heavy (non-hydrogen) atoms. The number of carbonyl (C=O) groups is 3. The van der Waals surface area contributed by atoms with Crippen LogP contribution in [0, 0.1) is 6.92 Å². The summed E-state index contributed by atoms with van der Waals surface area (Å²) in [7, 11) is 2.34. The van der Waals surface area contributed by atoms with Crippen LogP contribution in [0.2, 0.25) is 0 Å². The van der Waals surface area contributed by atoms with Gasteiger partial charge in [0.2, 0.25) is 0 Å². The highest BCUT2D eigenvalue weighted by Crippen LogP contribution is 2.29. The molecule has 0 aliphatic heterocycles. The second kappa shape index (κ2) is 11.4. The summed E-state index contributed by atoms with van der Waals surface area (Å²) in [6.07, 6.45) is 1.33. The molecule has 0 saturated heterocycles. The lowest BCUT2D eigenvalue weighted by atomic mass is 10.1. The summed E-state index contributed by atoms with van der Waals surface area (Å²) in [6, 6.07) is 12.2. The van der Waals surface area contributed by atoms with Crippen LogP contribution in [0.15, 0.2) is 48.0 Å². The predicted octanol–water partition coefficient (Wildman–Crippen LogP) is 3.14. The molecule has 0 aliphatic carbocycles. The molecule has 0 saturated carbocycles. The maximum absolute atomic E-state index is 12.2. The first-order valence-electron chi connectivity index (χ1n) is 9.52. The zero-order chi connectivity index (χ0) is 22.8. The fourth-order valence-corrected chi connectivity index (χ4v) is 2.65. The van der Waals surface area contributed by atoms with E-state index in [2.05, 4.69) is 14.8 Å². The number of carbonyl (C=O) groups excluding carboxylic acids is 3. The van der Waals surface area contributed by atoms with Crippen molar-refractivity contribution < 1.29 is 33.3 Å². The molecule has 0 aromatic heterocycles. The fraction of sp³-hybridized carbons (Fsp3) is 0.261. The topological polar surface area (TPSA) is 100 Å². The molecule has 8 nitrogen and oxygen atoms in total. The van der Waals surface area contributed by atoms with Crippen molar-refractivity contribution in [2.75, 3.05) is 32.8 Å². The van der Waals surface area contributed by atoms with Crippen molar-refractivity contribution in [3.05, 3.63) is 59.2 Å². The Morgan fingerprint density at radius 2 is 1.65 bits per heavy atom. The minimum atomic E-state index is -0.821. The third-order valence-corrected chi connectivity index (χ3v) is 4.05. The third-order valence-electron chi connectivity index (χ3n) is 4.05. The summed E-state index contributed by atoms with van der Waals surface area (Å²) in [6.45, 7) is 3.85. The van der Waals surface area contributed by atoms with Gasteiger partial charge in [-0.25, -0.2) is 9.59 Å². The number of rotatable bonds is 9. The van der Waals surface area contributed by atoms with Crippen LogP contribution < -0.4 is 14.8 Å². The van der Waals surface area contributed by atoms with Gasteiger partial charge in [0.05, 0.1) is 20.8 Å². The number of aryl methyl sites for hydroxylation is 1. The Bertz CT molecular complexity index is 964. The molecule has 1 N–H and O–H groups in total. The minimum absolute atomic E-state index is 0.223. The Kier molecular flexibility index (Phi) is 8.63. The SMILES string of the molecule is CCOc1cc(C=C(C(=O)OC)C(=O)OC)ccc1OCC(=O)Nc1cccc(C)c1. The van der Waals surface area contributed by atoms with Gasteiger partial charge in [-0.1, -0.05) is 18.2 Å². The van der Waals surface area contributed by atoms with Crippen LogP contribution in [0.1, 0.15) is 18.1 Å². The molecule has 1 amide bonds. The quantitative estimate of drug-likeness (QED) is 0.284. The number of esters is 2. The van der Waals surface area contributed by atoms with Gasteiger partial charge in [-0.05, 0) is 55.3 Å². The van der Waals surface area contributed by atoms with Crippen molar-refractivity contribution >= 4 is 29.6 Å². The summed E-state index contributed by atoms with van der Waals surface area (Å²) in [5, 5.41) is 2.76. The summed E-state index contributed by atoms with van der Waals surface area (Å²) in [5.41, 5.74) is 1.93. The lowest BCUT2D eigenvalue weighted by Gasteiger charge is -2.13. The molecule has 0 radical (unpaired) electrons. The van der Waals surface area contributed by atoms with Gasteiger partial charge in [-0.2, -0.15) is 0 Å². The summed E-state index contributed by atoms with van der Waals surface area (Å²) in [4.78, 5) is 35.9. The van der Waals surface area contributed by atoms with Crippen molar-refractivity contribution in [2.45, 2.75) is 13.8 Å². The van der Waals surface area contributed by atoms with Crippen LogP contribution in [0.4, 0.5) is 5.69 Å². The van der Waals surface area contributed by atoms with E-state index in [0.29, 0.717) is 29.4 Å². The smallest absolute Gasteiger partial charge is 0.345 e. The molecule has 2 aromatic rings. The average Bonchev–Trinajstić information content (AvgIpc) is 2.76. The molecule has 0 unspecified atom stereocenters. The molecule has 0 bridgehead atoms. The number of anilines is 1. The van der Waals surface area contributed by atoms with Crippen LogP contribution in [0.5, 0.6) is 11.5 Å². The highest BCUT2D eigenvalue weighted by atomic mass is 16.5. The molecular weight excluding hydrogens is 402 g/mol. The van der Waals surface area contributed by atoms with E-state index in [0.717, 1.165) is 5.56 Å². The number of methoxy groups -OCH3 is 2. The van der Waals surface area contributed by atoms with E-state index in [1.165, 1.54) is 20.3 Å². The van der Waals surface area contributed by atoms with E-state index in [-0.39, 0.29) is 18.1 Å². The molecule has 2 aromatic carbocycles. The second-order valence-corrected chi connectivity index (χ2v) is 6.39. The maximum atomic E-state index is 12.2. The van der Waals surface area contributed by atoms with Crippen molar-refractivity contribution in [1.82, 2.24) is 0 Å². The lowest BCUT2D eigenvalue weighted by Crippen LogP contribution is -2.20. The van der Waals surface area contributed by atoms with E-state index in [1.54, 1.807) is 31.2 Å². The van der Waals surface area contributed by atoms with Gasteiger partial charge in [-0.15, -0.1) is 0 Å². The van der Waals surface area contributed by atoms with E-state index in [9.17, 15) is 14.4 Å². The van der Waals surface area contributed by atoms with Crippen molar-refractivity contribution in [1.29, 1.82) is 0 Å². The molecule has 0 spiro atoms. The molecule has 8 heteroatoms. The maximum Gasteiger partial charge on any atom is 0.345 e. The van der Waals surface area contributed by atoms with Crippen molar-refractivity contribution in [2.24, 2.45) is 0 Å². The van der Waals surface area contributed by atoms with E-state index >= 15 is 0 Å². The van der Waals surface area contributed by atoms with Crippen LogP contribution in [-0.4, -0.2) is 45.3 Å². The van der Waals surface area contributed by atoms with Gasteiger partial charge in [0.25, 0.3) is 5.91 Å². The fourth-order valence-electron chi connectivity index (χ4n) is 2.65. The monoisotopic (exact) mass is 427 g/mol. The first-order valence-corrected chi connectivity index (χ1v) is 9.52. The number of hydrogen-bond acceptors (Lipinski definition) is 7. The zero-order valence-electron chi connectivity index (χ0n) is 17.9. The Morgan fingerprint density at radius 1 is 0.935 bits per heavy atom. The zero-order valence-corrected chi connectivity index (χ0v) is 17.9. The van der Waals surface area contributed by atoms with Crippen LogP contribution in [0.3, 0.4) is 0 Å². The lowest BCUT2D eigenvalue weighted by molar-refractivity contribution is -0.143. The molecule has 0 fully saturated rings. The third kappa shape index (κ3) is 6.88. The van der Waals surface area contributed by atoms with Gasteiger partial charge in [0.15, 0.2) is 18.1 Å². The van der Waals surface area contributed by atoms with Gasteiger partial charge < -0.3 is 24.3 Å². The van der Waals surface area contributed by atoms with Gasteiger partial charge in [-0.3, -0.25) is 4.79 Å². The Hall–Kier alpha value is -3.81. The molecule has 2 rings (SSSR count). The van der Waals surface area contributed by atoms with Crippen LogP contribution >= 0.6 is 0 Å². The number of amides is 1. The van der Waals surface area contributed by atoms with Crippen molar-refractivity contribution in [3.63, 3.8) is 0 Å². The molecule has 0 atom stereocenters. The minimum Gasteiger partial charge on any atom is -0.490 e. The van der Waals surface area contributed by atoms with Crippen LogP contribution in [0.25, 0.3) is 6.08 Å². The molecule has 0 aliphatic rings. The second-order valence-electron chi connectivity index (χ2n) is 6.39. The standard InChI is InChI=1S/C23H25NO7/c1-5-30-20-13-16(12-18(22(26)28-3)23(27)29-4)9-10-19(20)31-14-21(25)24-17-8-6-7-15(2)11-17/h6-13H,5,14H2,1-4H3,(H,24,25). The highest BCUT2D eigenvalue weighted by molar-refractivity contribution is 6.17. The normalized spacial score (nSPS) is 9.94. The first kappa shape index (κ1) is 23.5. The van der Waals surface area contributed by atoms with Gasteiger partial charge in [0.1, 0.15) is 5.57 Å². The van der Waals surface area contributed by atoms with E-state index in [1.807, 2.05) is 25.1 Å². The Balaban J connectivity index is 2.17. The molecule has 0 heterocycles. The Morgan fingerprint density at radius 3 is 2.26 bits per heavy atom. The number of benzene rings is 2. The van der Waals surface area contributed by atoms with E-state index in [4.69, 9.17) is 9.47 Å². The van der Waals surface area contributed by atoms with Crippen LogP contribution in [-0.2, 0) is 23.9 Å². The highest BCUT2D eigenvalue weighted by Gasteiger charge is 2.20. The first-order chi connectivity index (χ1) is 14.9. The summed E-state index contributed by atoms with van der Waals surface area (Å²) < 4.78 is 20.4. The molecular formula is C23H25NO7. The number of nitrogens with one attached hydrogen (secondary N) is 1. The largest absolute Gasteiger partial charge is 0.490 e. The Labute approximate surface area is 180 Å². The number of ether oxygens (including phenoxy) is 4. The predicted molar refractivity (Wildman–Crippen MR) is 115 cm³/mol. The van der Waals surface area contributed by atoms with Gasteiger partial charge in [0, 0.05) is 5.69 Å². The summed E-state index contributed by atoms with van der Waals surface area (Å²) >= 11 is 0. The van der Waals surface area contributed by atoms with Crippen molar-refractivity contribution in [3.8, 4) is 11.5 Å². The van der Waals surface area contributed by atoms with E-state index < -0.39 is 11.9 Å². The average molecular weight is 427 g/mol.